The zero-order valence-corrected chi connectivity index (χ0v) is 16.8. The molecule has 2 nitrogen and oxygen atoms in total. The zero-order chi connectivity index (χ0) is 18.2. The summed E-state index contributed by atoms with van der Waals surface area (Å²) in [5.74, 6) is 0.415. The minimum absolute atomic E-state index is 0.152. The molecule has 0 saturated carbocycles. The lowest BCUT2D eigenvalue weighted by atomic mass is 9.79. The van der Waals surface area contributed by atoms with Crippen molar-refractivity contribution in [3.05, 3.63) is 6.92 Å². The van der Waals surface area contributed by atoms with Gasteiger partial charge in [-0.05, 0) is 31.6 Å². The van der Waals surface area contributed by atoms with E-state index in [2.05, 4.69) is 27.7 Å². The largest absolute Gasteiger partial charge is 0.390 e. The maximum Gasteiger partial charge on any atom is 0.0829 e. The fraction of sp³-hybridized carbons (Fsp3) is 0.955. The maximum absolute atomic E-state index is 10.6. The molecule has 0 aliphatic carbocycles. The molecule has 0 aliphatic heterocycles. The summed E-state index contributed by atoms with van der Waals surface area (Å²) in [5.41, 5.74) is 0. The molecule has 0 amide bonds. The third kappa shape index (κ3) is 11.5. The van der Waals surface area contributed by atoms with Crippen molar-refractivity contribution >= 4 is 0 Å². The Kier molecular flexibility index (Phi) is 16.3. The van der Waals surface area contributed by atoms with Crippen molar-refractivity contribution in [2.24, 2.45) is 11.8 Å². The molecule has 0 heterocycles. The van der Waals surface area contributed by atoms with E-state index in [4.69, 9.17) is 0 Å². The first-order valence-electron chi connectivity index (χ1n) is 10.8. The Morgan fingerprint density at radius 1 is 0.625 bits per heavy atom. The van der Waals surface area contributed by atoms with E-state index in [9.17, 15) is 10.2 Å². The average Bonchev–Trinajstić information content (AvgIpc) is 2.57. The smallest absolute Gasteiger partial charge is 0.0829 e. The second kappa shape index (κ2) is 16.4. The summed E-state index contributed by atoms with van der Waals surface area (Å²) < 4.78 is 0. The van der Waals surface area contributed by atoms with Gasteiger partial charge in [0, 0.05) is 0 Å². The molecule has 4 atom stereocenters. The van der Waals surface area contributed by atoms with Gasteiger partial charge in [0.1, 0.15) is 0 Å². The SMILES string of the molecule is [CH2]C(CCCCCC)C(CCCCCCCC)C(O)C(O)CCC. The standard InChI is InChI=1S/C22H45O2/c1-5-8-10-12-13-15-18-20(22(24)21(23)16-7-3)19(4)17-14-11-9-6-2/h19-24H,4-18H2,1-3H3. The maximum atomic E-state index is 10.6. The van der Waals surface area contributed by atoms with Gasteiger partial charge in [-0.25, -0.2) is 0 Å². The van der Waals surface area contributed by atoms with E-state index in [0.717, 1.165) is 25.7 Å². The van der Waals surface area contributed by atoms with Crippen LogP contribution in [0.1, 0.15) is 111 Å². The molecule has 0 aromatic heterocycles. The predicted octanol–water partition coefficient (Wildman–Crippen LogP) is 6.30. The second-order valence-electron chi connectivity index (χ2n) is 7.68. The van der Waals surface area contributed by atoms with Crippen LogP contribution in [0.5, 0.6) is 0 Å². The van der Waals surface area contributed by atoms with Crippen molar-refractivity contribution < 1.29 is 10.2 Å². The lowest BCUT2D eigenvalue weighted by Gasteiger charge is -2.31. The summed E-state index contributed by atoms with van der Waals surface area (Å²) in [4.78, 5) is 0. The van der Waals surface area contributed by atoms with Crippen molar-refractivity contribution in [1.29, 1.82) is 0 Å². The van der Waals surface area contributed by atoms with Gasteiger partial charge >= 0.3 is 0 Å². The summed E-state index contributed by atoms with van der Waals surface area (Å²) in [7, 11) is 0. The monoisotopic (exact) mass is 341 g/mol. The van der Waals surface area contributed by atoms with Gasteiger partial charge in [-0.15, -0.1) is 0 Å². The second-order valence-corrected chi connectivity index (χ2v) is 7.68. The minimum atomic E-state index is -0.603. The number of aliphatic hydroxyl groups excluding tert-OH is 2. The van der Waals surface area contributed by atoms with E-state index >= 15 is 0 Å². The molecule has 2 N–H and O–H groups in total. The highest BCUT2D eigenvalue weighted by molar-refractivity contribution is 4.83. The first kappa shape index (κ1) is 23.9. The minimum Gasteiger partial charge on any atom is -0.390 e. The molecule has 0 bridgehead atoms. The van der Waals surface area contributed by atoms with Crippen LogP contribution in [0, 0.1) is 18.8 Å². The molecule has 24 heavy (non-hydrogen) atoms. The lowest BCUT2D eigenvalue weighted by molar-refractivity contribution is -0.0369. The summed E-state index contributed by atoms with van der Waals surface area (Å²) >= 11 is 0. The van der Waals surface area contributed by atoms with Crippen LogP contribution >= 0.6 is 0 Å². The van der Waals surface area contributed by atoms with Crippen LogP contribution in [-0.4, -0.2) is 22.4 Å². The number of unbranched alkanes of at least 4 members (excludes halogenated alkanes) is 8. The van der Waals surface area contributed by atoms with Crippen LogP contribution in [-0.2, 0) is 0 Å². The van der Waals surface area contributed by atoms with Gasteiger partial charge in [0.05, 0.1) is 12.2 Å². The Bertz CT molecular complexity index is 254. The quantitative estimate of drug-likeness (QED) is 0.305. The molecule has 0 fully saturated rings. The Morgan fingerprint density at radius 3 is 1.71 bits per heavy atom. The van der Waals surface area contributed by atoms with Gasteiger partial charge in [-0.3, -0.25) is 0 Å². The van der Waals surface area contributed by atoms with Crippen molar-refractivity contribution in [1.82, 2.24) is 0 Å². The Labute approximate surface area is 152 Å². The number of hydrogen-bond donors (Lipinski definition) is 2. The molecule has 0 aromatic rings. The van der Waals surface area contributed by atoms with Crippen LogP contribution in [0.15, 0.2) is 0 Å². The molecule has 0 rings (SSSR count). The third-order valence-corrected chi connectivity index (χ3v) is 5.34. The molecular formula is C22H45O2. The van der Waals surface area contributed by atoms with E-state index < -0.39 is 12.2 Å². The van der Waals surface area contributed by atoms with Crippen molar-refractivity contribution in [2.45, 2.75) is 123 Å². The fourth-order valence-electron chi connectivity index (χ4n) is 3.64. The number of rotatable bonds is 17. The highest BCUT2D eigenvalue weighted by atomic mass is 16.3. The van der Waals surface area contributed by atoms with Gasteiger partial charge in [0.15, 0.2) is 0 Å². The number of aliphatic hydroxyl groups is 2. The molecular weight excluding hydrogens is 296 g/mol. The average molecular weight is 342 g/mol. The topological polar surface area (TPSA) is 40.5 Å². The number of hydrogen-bond acceptors (Lipinski definition) is 2. The summed E-state index contributed by atoms with van der Waals surface area (Å²) in [6, 6.07) is 0. The van der Waals surface area contributed by atoms with Crippen molar-refractivity contribution in [3.8, 4) is 0 Å². The first-order valence-corrected chi connectivity index (χ1v) is 10.8. The molecule has 0 aliphatic rings. The molecule has 0 saturated heterocycles. The molecule has 145 valence electrons. The van der Waals surface area contributed by atoms with Gasteiger partial charge in [0.2, 0.25) is 0 Å². The highest BCUT2D eigenvalue weighted by Crippen LogP contribution is 2.29. The molecule has 4 unspecified atom stereocenters. The predicted molar refractivity (Wildman–Crippen MR) is 106 cm³/mol. The Hall–Kier alpha value is -0.0800. The highest BCUT2D eigenvalue weighted by Gasteiger charge is 2.29. The van der Waals surface area contributed by atoms with E-state index in [1.807, 2.05) is 0 Å². The Balaban J connectivity index is 4.36. The summed E-state index contributed by atoms with van der Waals surface area (Å²) in [6.45, 7) is 10.9. The molecule has 2 heteroatoms. The van der Waals surface area contributed by atoms with E-state index in [1.165, 1.54) is 57.8 Å². The van der Waals surface area contributed by atoms with Gasteiger partial charge < -0.3 is 10.2 Å². The summed E-state index contributed by atoms with van der Waals surface area (Å²) in [5, 5.41) is 20.9. The van der Waals surface area contributed by atoms with Gasteiger partial charge in [-0.1, -0.05) is 97.8 Å². The Morgan fingerprint density at radius 2 is 1.12 bits per heavy atom. The van der Waals surface area contributed by atoms with E-state index in [-0.39, 0.29) is 11.8 Å². The van der Waals surface area contributed by atoms with E-state index in [0.29, 0.717) is 6.42 Å². The fourth-order valence-corrected chi connectivity index (χ4v) is 3.64. The zero-order valence-electron chi connectivity index (χ0n) is 16.8. The van der Waals surface area contributed by atoms with Crippen molar-refractivity contribution in [3.63, 3.8) is 0 Å². The van der Waals surface area contributed by atoms with E-state index in [1.54, 1.807) is 0 Å². The van der Waals surface area contributed by atoms with Crippen LogP contribution < -0.4 is 0 Å². The van der Waals surface area contributed by atoms with Gasteiger partial charge in [-0.2, -0.15) is 0 Å². The molecule has 0 spiro atoms. The van der Waals surface area contributed by atoms with Crippen LogP contribution in [0.2, 0.25) is 0 Å². The van der Waals surface area contributed by atoms with Crippen LogP contribution in [0.3, 0.4) is 0 Å². The van der Waals surface area contributed by atoms with Crippen molar-refractivity contribution in [2.75, 3.05) is 0 Å². The first-order chi connectivity index (χ1) is 11.6. The summed E-state index contributed by atoms with van der Waals surface area (Å²) in [6.07, 6.45) is 15.2. The molecule has 1 radical (unpaired) electrons. The third-order valence-electron chi connectivity index (χ3n) is 5.34. The molecule has 0 aromatic carbocycles. The van der Waals surface area contributed by atoms with Gasteiger partial charge in [0.25, 0.3) is 0 Å². The van der Waals surface area contributed by atoms with Crippen LogP contribution in [0.25, 0.3) is 0 Å². The normalized spacial score (nSPS) is 16.8. The van der Waals surface area contributed by atoms with Crippen LogP contribution in [0.4, 0.5) is 0 Å². The lowest BCUT2D eigenvalue weighted by Crippen LogP contribution is -2.37.